The van der Waals surface area contributed by atoms with Gasteiger partial charge < -0.3 is 14.2 Å². The average Bonchev–Trinajstić information content (AvgIpc) is 3.26. The molecule has 0 saturated carbocycles. The number of anilines is 1. The lowest BCUT2D eigenvalue weighted by molar-refractivity contribution is -0.902. The number of nitrogens with one attached hydrogen (secondary N) is 1. The highest BCUT2D eigenvalue weighted by atomic mass is 16.3. The van der Waals surface area contributed by atoms with E-state index in [4.69, 9.17) is 4.42 Å². The molecule has 7 heteroatoms. The largest absolute Gasteiger partial charge is 0.459 e. The Balaban J connectivity index is 1.40. The van der Waals surface area contributed by atoms with Crippen molar-refractivity contribution in [2.24, 2.45) is 0 Å². The molecule has 3 heterocycles. The Hall–Kier alpha value is -2.93. The van der Waals surface area contributed by atoms with Gasteiger partial charge in [0.25, 0.3) is 11.7 Å². The first-order valence-electron chi connectivity index (χ1n) is 8.27. The zero-order chi connectivity index (χ0) is 17.4. The topological polar surface area (TPSA) is 75.3 Å². The molecule has 0 atom stereocenters. The fourth-order valence-electron chi connectivity index (χ4n) is 3.37. The Bertz CT molecular complexity index is 823. The number of piperazine rings is 1. The highest BCUT2D eigenvalue weighted by Crippen LogP contribution is 2.27. The van der Waals surface area contributed by atoms with E-state index in [2.05, 4.69) is 0 Å². The maximum absolute atomic E-state index is 12.3. The number of carbonyl (C=O) groups is 3. The van der Waals surface area contributed by atoms with Gasteiger partial charge in [-0.15, -0.1) is 0 Å². The third-order valence-electron chi connectivity index (χ3n) is 4.75. The molecule has 25 heavy (non-hydrogen) atoms. The molecule has 2 amide bonds. The monoisotopic (exact) mass is 340 g/mol. The summed E-state index contributed by atoms with van der Waals surface area (Å²) in [6.07, 6.45) is 1.49. The van der Waals surface area contributed by atoms with Crippen molar-refractivity contribution in [1.29, 1.82) is 0 Å². The van der Waals surface area contributed by atoms with Gasteiger partial charge in [0, 0.05) is 0 Å². The van der Waals surface area contributed by atoms with E-state index in [1.54, 1.807) is 40.1 Å². The summed E-state index contributed by atoms with van der Waals surface area (Å²) in [5.41, 5.74) is 1.15. The minimum Gasteiger partial charge on any atom is -0.459 e. The van der Waals surface area contributed by atoms with Crippen molar-refractivity contribution in [2.75, 3.05) is 37.7 Å². The average molecular weight is 340 g/mol. The Kier molecular flexibility index (Phi) is 3.85. The molecule has 1 aromatic carbocycles. The van der Waals surface area contributed by atoms with E-state index in [1.165, 1.54) is 11.2 Å². The Morgan fingerprint density at radius 2 is 1.84 bits per heavy atom. The van der Waals surface area contributed by atoms with Crippen molar-refractivity contribution in [2.45, 2.75) is 0 Å². The number of benzene rings is 1. The minimum atomic E-state index is -0.470. The second kappa shape index (κ2) is 6.18. The molecule has 2 aliphatic heterocycles. The van der Waals surface area contributed by atoms with Gasteiger partial charge in [0.15, 0.2) is 12.4 Å². The number of ketones is 1. The summed E-state index contributed by atoms with van der Waals surface area (Å²) in [6, 6.07) is 10.4. The molecular formula is C18H18N3O4+. The van der Waals surface area contributed by atoms with Crippen molar-refractivity contribution in [3.05, 3.63) is 54.0 Å². The minimum absolute atomic E-state index is 0.109. The summed E-state index contributed by atoms with van der Waals surface area (Å²) in [7, 11) is 0. The zero-order valence-corrected chi connectivity index (χ0v) is 13.6. The summed E-state index contributed by atoms with van der Waals surface area (Å²) in [5, 5.41) is 0. The second-order valence-corrected chi connectivity index (χ2v) is 6.26. The molecule has 0 unspecified atom stereocenters. The van der Waals surface area contributed by atoms with Crippen molar-refractivity contribution in [3.63, 3.8) is 0 Å². The Labute approximate surface area is 144 Å². The van der Waals surface area contributed by atoms with Crippen LogP contribution < -0.4 is 9.80 Å². The van der Waals surface area contributed by atoms with Crippen LogP contribution in [0.2, 0.25) is 0 Å². The Morgan fingerprint density at radius 3 is 2.56 bits per heavy atom. The van der Waals surface area contributed by atoms with Gasteiger partial charge in [-0.25, -0.2) is 0 Å². The quantitative estimate of drug-likeness (QED) is 0.786. The van der Waals surface area contributed by atoms with Crippen molar-refractivity contribution >= 4 is 23.3 Å². The van der Waals surface area contributed by atoms with E-state index in [0.29, 0.717) is 49.9 Å². The summed E-state index contributed by atoms with van der Waals surface area (Å²) in [5.74, 6) is -0.677. The van der Waals surface area contributed by atoms with E-state index < -0.39 is 11.7 Å². The first-order chi connectivity index (χ1) is 12.1. The number of hydrogen-bond donors (Lipinski definition) is 1. The predicted octanol–water partition coefficient (Wildman–Crippen LogP) is -0.193. The van der Waals surface area contributed by atoms with Gasteiger partial charge in [0.2, 0.25) is 0 Å². The maximum atomic E-state index is 12.3. The predicted molar refractivity (Wildman–Crippen MR) is 88.4 cm³/mol. The standard InChI is InChI=1S/C18H17N3O4/c22-16-13-4-1-2-5-14(13)21(18(16)24)12-19-7-9-20(10-8-19)17(23)15-6-3-11-25-15/h1-6,11H,7-10,12H2/p+1. The molecule has 2 aromatic rings. The van der Waals surface area contributed by atoms with E-state index >= 15 is 0 Å². The molecule has 1 aromatic heterocycles. The number of Topliss-reactive ketones (excluding diaryl/α,β-unsaturated/α-hetero) is 1. The molecule has 1 N–H and O–H groups in total. The van der Waals surface area contributed by atoms with Crippen LogP contribution in [0.15, 0.2) is 47.1 Å². The van der Waals surface area contributed by atoms with Crippen molar-refractivity contribution in [3.8, 4) is 0 Å². The van der Waals surface area contributed by atoms with E-state index in [-0.39, 0.29) is 5.91 Å². The van der Waals surface area contributed by atoms with Crippen LogP contribution in [0.1, 0.15) is 20.9 Å². The molecule has 0 radical (unpaired) electrons. The first kappa shape index (κ1) is 15.6. The van der Waals surface area contributed by atoms with Crippen molar-refractivity contribution < 1.29 is 23.7 Å². The molecule has 0 bridgehead atoms. The fraction of sp³-hybridized carbons (Fsp3) is 0.278. The van der Waals surface area contributed by atoms with Gasteiger partial charge in [0.05, 0.1) is 43.7 Å². The van der Waals surface area contributed by atoms with Crippen LogP contribution in [-0.2, 0) is 4.79 Å². The van der Waals surface area contributed by atoms with Crippen LogP contribution in [0, 0.1) is 0 Å². The van der Waals surface area contributed by atoms with Gasteiger partial charge in [-0.05, 0) is 24.3 Å². The number of para-hydroxylation sites is 1. The third-order valence-corrected chi connectivity index (χ3v) is 4.75. The summed E-state index contributed by atoms with van der Waals surface area (Å²) in [4.78, 5) is 41.1. The molecule has 4 rings (SSSR count). The normalized spacial score (nSPS) is 17.9. The lowest BCUT2D eigenvalue weighted by Gasteiger charge is -2.33. The molecule has 1 fully saturated rings. The number of nitrogens with zero attached hydrogens (tertiary/aromatic N) is 2. The van der Waals surface area contributed by atoms with E-state index in [9.17, 15) is 14.4 Å². The van der Waals surface area contributed by atoms with Crippen LogP contribution >= 0.6 is 0 Å². The smallest absolute Gasteiger partial charge is 0.303 e. The fourth-order valence-corrected chi connectivity index (χ4v) is 3.37. The highest BCUT2D eigenvalue weighted by Gasteiger charge is 2.38. The SMILES string of the molecule is O=C1C(=O)N(C[NH+]2CCN(C(=O)c3ccco3)CC2)c2ccccc21. The first-order valence-corrected chi connectivity index (χ1v) is 8.27. The van der Waals surface area contributed by atoms with Crippen LogP contribution in [0.3, 0.4) is 0 Å². The third kappa shape index (κ3) is 2.72. The molecule has 0 aliphatic carbocycles. The number of rotatable bonds is 3. The number of quaternary nitrogens is 1. The number of furan rings is 1. The number of carbonyl (C=O) groups excluding carboxylic acids is 3. The molecule has 2 aliphatic rings. The van der Waals surface area contributed by atoms with Gasteiger partial charge >= 0.3 is 5.91 Å². The van der Waals surface area contributed by atoms with E-state index in [1.807, 2.05) is 6.07 Å². The summed E-state index contributed by atoms with van der Waals surface area (Å²) < 4.78 is 5.16. The second-order valence-electron chi connectivity index (χ2n) is 6.26. The lowest BCUT2D eigenvalue weighted by atomic mass is 10.1. The highest BCUT2D eigenvalue weighted by molar-refractivity contribution is 6.52. The molecular weight excluding hydrogens is 322 g/mol. The van der Waals surface area contributed by atoms with Crippen LogP contribution in [0.4, 0.5) is 5.69 Å². The van der Waals surface area contributed by atoms with Gasteiger partial charge in [-0.3, -0.25) is 19.3 Å². The lowest BCUT2D eigenvalue weighted by Crippen LogP contribution is -3.16. The van der Waals surface area contributed by atoms with E-state index in [0.717, 1.165) is 0 Å². The van der Waals surface area contributed by atoms with Gasteiger partial charge in [-0.2, -0.15) is 0 Å². The maximum Gasteiger partial charge on any atom is 0.303 e. The number of amides is 2. The number of hydrogen-bond acceptors (Lipinski definition) is 4. The number of fused-ring (bicyclic) bond motifs is 1. The molecule has 7 nitrogen and oxygen atoms in total. The molecule has 128 valence electrons. The summed E-state index contributed by atoms with van der Waals surface area (Å²) in [6.45, 7) is 3.04. The molecule has 1 saturated heterocycles. The Morgan fingerprint density at radius 1 is 1.08 bits per heavy atom. The zero-order valence-electron chi connectivity index (χ0n) is 13.6. The molecule has 0 spiro atoms. The van der Waals surface area contributed by atoms with Gasteiger partial charge in [0.1, 0.15) is 0 Å². The van der Waals surface area contributed by atoms with Crippen molar-refractivity contribution in [1.82, 2.24) is 4.90 Å². The van der Waals surface area contributed by atoms with Crippen LogP contribution in [0.25, 0.3) is 0 Å². The summed E-state index contributed by atoms with van der Waals surface area (Å²) >= 11 is 0. The van der Waals surface area contributed by atoms with Crippen LogP contribution in [-0.4, -0.2) is 55.3 Å². The van der Waals surface area contributed by atoms with Gasteiger partial charge in [-0.1, -0.05) is 12.1 Å². The van der Waals surface area contributed by atoms with Crippen LogP contribution in [0.5, 0.6) is 0 Å².